The fraction of sp³-hybridized carbons (Fsp3) is 0.129. The number of hydrogen-bond acceptors (Lipinski definition) is 5. The maximum atomic E-state index is 12.7. The van der Waals surface area contributed by atoms with Crippen molar-refractivity contribution in [1.82, 2.24) is 0 Å². The quantitative estimate of drug-likeness (QED) is 0.192. The number of benzene rings is 4. The second kappa shape index (κ2) is 11.3. The molecule has 1 amide bonds. The number of esters is 1. The van der Waals surface area contributed by atoms with E-state index in [1.165, 1.54) is 0 Å². The van der Waals surface area contributed by atoms with Crippen LogP contribution in [0, 0.1) is 5.92 Å². The van der Waals surface area contributed by atoms with E-state index in [9.17, 15) is 14.4 Å². The second-order valence-electron chi connectivity index (χ2n) is 8.90. The molecule has 0 spiro atoms. The van der Waals surface area contributed by atoms with Crippen LogP contribution in [0.15, 0.2) is 103 Å². The van der Waals surface area contributed by atoms with E-state index in [2.05, 4.69) is 0 Å². The summed E-state index contributed by atoms with van der Waals surface area (Å²) >= 11 is 5.84. The SMILES string of the molecule is O=C(COC(=O)[C@H]1CC(=O)N(c2ccc(Oc3ccccc3-c3ccccc3)cc2)C1)c1ccc(Cl)cc1. The van der Waals surface area contributed by atoms with Crippen molar-refractivity contribution in [2.24, 2.45) is 5.92 Å². The summed E-state index contributed by atoms with van der Waals surface area (Å²) in [6.45, 7) is -0.203. The number of ether oxygens (including phenoxy) is 2. The Hall–Kier alpha value is -4.42. The lowest BCUT2D eigenvalue weighted by Crippen LogP contribution is -2.27. The molecule has 0 radical (unpaired) electrons. The first-order valence-corrected chi connectivity index (χ1v) is 12.5. The van der Waals surface area contributed by atoms with Gasteiger partial charge in [0.2, 0.25) is 5.91 Å². The third-order valence-electron chi connectivity index (χ3n) is 6.32. The number of halogens is 1. The Bertz CT molecular complexity index is 1450. The van der Waals surface area contributed by atoms with Crippen molar-refractivity contribution in [3.05, 3.63) is 114 Å². The highest BCUT2D eigenvalue weighted by Crippen LogP contribution is 2.34. The van der Waals surface area contributed by atoms with Gasteiger partial charge in [0, 0.05) is 34.8 Å². The highest BCUT2D eigenvalue weighted by Gasteiger charge is 2.36. The van der Waals surface area contributed by atoms with E-state index in [0.717, 1.165) is 16.9 Å². The van der Waals surface area contributed by atoms with Crippen LogP contribution in [0.3, 0.4) is 0 Å². The molecular formula is C31H24ClNO5. The van der Waals surface area contributed by atoms with Crippen LogP contribution < -0.4 is 9.64 Å². The average Bonchev–Trinajstić information content (AvgIpc) is 3.34. The predicted molar refractivity (Wildman–Crippen MR) is 146 cm³/mol. The fourth-order valence-electron chi connectivity index (χ4n) is 4.32. The summed E-state index contributed by atoms with van der Waals surface area (Å²) < 4.78 is 11.4. The summed E-state index contributed by atoms with van der Waals surface area (Å²) in [6, 6.07) is 31.3. The summed E-state index contributed by atoms with van der Waals surface area (Å²) in [5, 5.41) is 0.514. The Balaban J connectivity index is 1.20. The molecule has 38 heavy (non-hydrogen) atoms. The minimum atomic E-state index is -0.644. The van der Waals surface area contributed by atoms with Crippen LogP contribution >= 0.6 is 11.6 Å². The molecule has 1 aliphatic heterocycles. The Morgan fingerprint density at radius 1 is 0.842 bits per heavy atom. The monoisotopic (exact) mass is 525 g/mol. The zero-order valence-corrected chi connectivity index (χ0v) is 21.1. The first kappa shape index (κ1) is 25.2. The van der Waals surface area contributed by atoms with Gasteiger partial charge >= 0.3 is 5.97 Å². The molecule has 0 aliphatic carbocycles. The van der Waals surface area contributed by atoms with Gasteiger partial charge in [-0.25, -0.2) is 0 Å². The van der Waals surface area contributed by atoms with Crippen molar-refractivity contribution in [2.45, 2.75) is 6.42 Å². The van der Waals surface area contributed by atoms with Crippen molar-refractivity contribution in [3.63, 3.8) is 0 Å². The van der Waals surface area contributed by atoms with Gasteiger partial charge in [-0.3, -0.25) is 14.4 Å². The van der Waals surface area contributed by atoms with Crippen LogP contribution in [0.1, 0.15) is 16.8 Å². The highest BCUT2D eigenvalue weighted by molar-refractivity contribution is 6.30. The molecule has 1 fully saturated rings. The summed E-state index contributed by atoms with van der Waals surface area (Å²) in [7, 11) is 0. The van der Waals surface area contributed by atoms with E-state index in [0.29, 0.717) is 22.0 Å². The van der Waals surface area contributed by atoms with Crippen molar-refractivity contribution in [1.29, 1.82) is 0 Å². The van der Waals surface area contributed by atoms with Gasteiger partial charge in [-0.05, 0) is 60.2 Å². The number of rotatable bonds is 8. The molecule has 4 aromatic rings. The molecule has 190 valence electrons. The Kier molecular flexibility index (Phi) is 7.52. The zero-order valence-electron chi connectivity index (χ0n) is 20.4. The third-order valence-corrected chi connectivity index (χ3v) is 6.57. The smallest absolute Gasteiger partial charge is 0.311 e. The van der Waals surface area contributed by atoms with Gasteiger partial charge in [-0.15, -0.1) is 0 Å². The molecule has 0 aromatic heterocycles. The van der Waals surface area contributed by atoms with Gasteiger partial charge in [0.15, 0.2) is 12.4 Å². The maximum Gasteiger partial charge on any atom is 0.311 e. The predicted octanol–water partition coefficient (Wildman–Crippen LogP) is 6.58. The minimum absolute atomic E-state index is 0.0245. The van der Waals surface area contributed by atoms with Gasteiger partial charge in [0.05, 0.1) is 5.92 Å². The normalized spacial score (nSPS) is 14.8. The highest BCUT2D eigenvalue weighted by atomic mass is 35.5. The van der Waals surface area contributed by atoms with Crippen LogP contribution in [0.4, 0.5) is 5.69 Å². The molecule has 0 N–H and O–H groups in total. The van der Waals surface area contributed by atoms with Gasteiger partial charge < -0.3 is 14.4 Å². The Morgan fingerprint density at radius 2 is 1.53 bits per heavy atom. The van der Waals surface area contributed by atoms with Gasteiger partial charge in [0.25, 0.3) is 0 Å². The van der Waals surface area contributed by atoms with Crippen LogP contribution in [-0.2, 0) is 14.3 Å². The Labute approximate surface area is 225 Å². The van der Waals surface area contributed by atoms with Crippen molar-refractivity contribution in [2.75, 3.05) is 18.1 Å². The van der Waals surface area contributed by atoms with Gasteiger partial charge in [-0.1, -0.05) is 60.1 Å². The molecule has 4 aromatic carbocycles. The van der Waals surface area contributed by atoms with Crippen LogP contribution in [-0.4, -0.2) is 30.8 Å². The van der Waals surface area contributed by atoms with Crippen molar-refractivity contribution in [3.8, 4) is 22.6 Å². The standard InChI is InChI=1S/C31H24ClNO5/c32-24-12-10-22(11-13-24)28(34)20-37-31(36)23-18-30(35)33(19-23)25-14-16-26(17-15-25)38-29-9-5-4-8-27(29)21-6-2-1-3-7-21/h1-17,23H,18-20H2/t23-/m0/s1. The summed E-state index contributed by atoms with van der Waals surface area (Å²) in [5.41, 5.74) is 3.09. The lowest BCUT2D eigenvalue weighted by molar-refractivity contribution is -0.147. The topological polar surface area (TPSA) is 72.9 Å². The van der Waals surface area contributed by atoms with Crippen LogP contribution in [0.25, 0.3) is 11.1 Å². The average molecular weight is 526 g/mol. The number of para-hydroxylation sites is 1. The van der Waals surface area contributed by atoms with E-state index in [1.807, 2.05) is 54.6 Å². The summed E-state index contributed by atoms with van der Waals surface area (Å²) in [4.78, 5) is 39.1. The molecule has 1 heterocycles. The number of ketones is 1. The van der Waals surface area contributed by atoms with Gasteiger partial charge in [-0.2, -0.15) is 0 Å². The first-order chi connectivity index (χ1) is 18.5. The number of Topliss-reactive ketones (excluding diaryl/α,β-unsaturated/α-hetero) is 1. The maximum absolute atomic E-state index is 12.7. The largest absolute Gasteiger partial charge is 0.457 e. The van der Waals surface area contributed by atoms with E-state index < -0.39 is 11.9 Å². The molecule has 1 aliphatic rings. The van der Waals surface area contributed by atoms with E-state index in [4.69, 9.17) is 21.1 Å². The van der Waals surface area contributed by atoms with Crippen LogP contribution in [0.5, 0.6) is 11.5 Å². The third kappa shape index (κ3) is 5.76. The Morgan fingerprint density at radius 3 is 2.26 bits per heavy atom. The fourth-order valence-corrected chi connectivity index (χ4v) is 4.45. The van der Waals surface area contributed by atoms with E-state index >= 15 is 0 Å². The van der Waals surface area contributed by atoms with Crippen molar-refractivity contribution >= 4 is 34.9 Å². The molecule has 5 rings (SSSR count). The second-order valence-corrected chi connectivity index (χ2v) is 9.34. The number of amides is 1. The molecule has 0 bridgehead atoms. The first-order valence-electron chi connectivity index (χ1n) is 12.2. The summed E-state index contributed by atoms with van der Waals surface area (Å²) in [6.07, 6.45) is 0.0245. The molecule has 7 heteroatoms. The minimum Gasteiger partial charge on any atom is -0.457 e. The molecule has 0 saturated carbocycles. The van der Waals surface area contributed by atoms with Gasteiger partial charge in [0.1, 0.15) is 11.5 Å². The molecular weight excluding hydrogens is 502 g/mol. The van der Waals surface area contributed by atoms with Crippen LogP contribution in [0.2, 0.25) is 5.02 Å². The zero-order chi connectivity index (χ0) is 26.5. The molecule has 1 atom stereocenters. The number of anilines is 1. The van der Waals surface area contributed by atoms with E-state index in [1.54, 1.807) is 53.4 Å². The summed E-state index contributed by atoms with van der Waals surface area (Å²) in [5.74, 6) is -0.380. The molecule has 0 unspecified atom stereocenters. The van der Waals surface area contributed by atoms with Crippen molar-refractivity contribution < 1.29 is 23.9 Å². The number of carbonyl (C=O) groups is 3. The molecule has 1 saturated heterocycles. The van der Waals surface area contributed by atoms with E-state index in [-0.39, 0.29) is 31.3 Å². The number of hydrogen-bond donors (Lipinski definition) is 0. The number of nitrogens with zero attached hydrogens (tertiary/aromatic N) is 1. The lowest BCUT2D eigenvalue weighted by atomic mass is 10.0. The lowest BCUT2D eigenvalue weighted by Gasteiger charge is -2.17. The number of carbonyl (C=O) groups excluding carboxylic acids is 3. The molecule has 6 nitrogen and oxygen atoms in total.